The van der Waals surface area contributed by atoms with Crippen LogP contribution in [0.3, 0.4) is 0 Å². The molecular weight excluding hydrogens is 368 g/mol. The third kappa shape index (κ3) is 6.38. The number of amides is 2. The summed E-state index contributed by atoms with van der Waals surface area (Å²) >= 11 is 3.27. The SMILES string of the molecule is CSc1ccc(/C=N\NC(=O)C(=O)N/N=C\c2ccc(SC)cc2)cc1. The topological polar surface area (TPSA) is 82.9 Å². The molecule has 8 heteroatoms. The number of nitrogens with zero attached hydrogens (tertiary/aromatic N) is 2. The maximum absolute atomic E-state index is 11.6. The fourth-order valence-corrected chi connectivity index (χ4v) is 2.63. The Morgan fingerprint density at radius 1 is 0.731 bits per heavy atom. The van der Waals surface area contributed by atoms with Gasteiger partial charge in [0.05, 0.1) is 12.4 Å². The van der Waals surface area contributed by atoms with Gasteiger partial charge in [-0.3, -0.25) is 9.59 Å². The predicted octanol–water partition coefficient (Wildman–Crippen LogP) is 2.73. The lowest BCUT2D eigenvalue weighted by Crippen LogP contribution is -2.35. The molecule has 0 bridgehead atoms. The Balaban J connectivity index is 1.79. The number of benzene rings is 2. The van der Waals surface area contributed by atoms with Gasteiger partial charge in [-0.2, -0.15) is 10.2 Å². The molecule has 0 heterocycles. The summed E-state index contributed by atoms with van der Waals surface area (Å²) in [5, 5.41) is 7.51. The van der Waals surface area contributed by atoms with Crippen LogP contribution in [-0.2, 0) is 9.59 Å². The van der Waals surface area contributed by atoms with Crippen molar-refractivity contribution < 1.29 is 9.59 Å². The van der Waals surface area contributed by atoms with E-state index in [4.69, 9.17) is 0 Å². The van der Waals surface area contributed by atoms with E-state index in [-0.39, 0.29) is 0 Å². The largest absolute Gasteiger partial charge is 0.331 e. The molecule has 6 nitrogen and oxygen atoms in total. The van der Waals surface area contributed by atoms with Gasteiger partial charge in [0.1, 0.15) is 0 Å². The van der Waals surface area contributed by atoms with Crippen molar-refractivity contribution in [3.05, 3.63) is 59.7 Å². The molecule has 2 aromatic carbocycles. The maximum Gasteiger partial charge on any atom is 0.331 e. The van der Waals surface area contributed by atoms with Crippen LogP contribution in [0.4, 0.5) is 0 Å². The molecule has 0 atom stereocenters. The summed E-state index contributed by atoms with van der Waals surface area (Å²) in [5.41, 5.74) is 5.95. The second kappa shape index (κ2) is 10.4. The number of nitrogens with one attached hydrogen (secondary N) is 2. The lowest BCUT2D eigenvalue weighted by Gasteiger charge is -1.99. The zero-order valence-corrected chi connectivity index (χ0v) is 15.9. The van der Waals surface area contributed by atoms with Crippen LogP contribution < -0.4 is 10.9 Å². The highest BCUT2D eigenvalue weighted by atomic mass is 32.2. The van der Waals surface area contributed by atoms with Crippen LogP contribution in [0.5, 0.6) is 0 Å². The number of rotatable bonds is 6. The first kappa shape index (κ1) is 19.7. The molecule has 0 aliphatic carbocycles. The minimum absolute atomic E-state index is 0.815. The number of carbonyl (C=O) groups is 2. The summed E-state index contributed by atoms with van der Waals surface area (Å²) in [5.74, 6) is -1.78. The number of thioether (sulfide) groups is 2. The molecule has 0 saturated heterocycles. The quantitative estimate of drug-likeness (QED) is 0.346. The van der Waals surface area contributed by atoms with Crippen LogP contribution in [0.25, 0.3) is 0 Å². The third-order valence-electron chi connectivity index (χ3n) is 3.20. The minimum atomic E-state index is -0.892. The second-order valence-electron chi connectivity index (χ2n) is 4.94. The summed E-state index contributed by atoms with van der Waals surface area (Å²) in [6.45, 7) is 0. The van der Waals surface area contributed by atoms with E-state index in [2.05, 4.69) is 21.1 Å². The van der Waals surface area contributed by atoms with E-state index in [1.54, 1.807) is 23.5 Å². The molecule has 0 spiro atoms. The van der Waals surface area contributed by atoms with Crippen LogP contribution in [-0.4, -0.2) is 36.8 Å². The third-order valence-corrected chi connectivity index (χ3v) is 4.68. The second-order valence-corrected chi connectivity index (χ2v) is 6.70. The number of hydrogen-bond acceptors (Lipinski definition) is 6. The molecule has 0 fully saturated rings. The summed E-state index contributed by atoms with van der Waals surface area (Å²) < 4.78 is 0. The van der Waals surface area contributed by atoms with Crippen molar-refractivity contribution in [1.29, 1.82) is 0 Å². The summed E-state index contributed by atoms with van der Waals surface area (Å²) in [6, 6.07) is 15.3. The highest BCUT2D eigenvalue weighted by Gasteiger charge is 2.10. The molecule has 0 aliphatic heterocycles. The van der Waals surface area contributed by atoms with Crippen molar-refractivity contribution in [2.24, 2.45) is 10.2 Å². The van der Waals surface area contributed by atoms with E-state index in [1.165, 1.54) is 12.4 Å². The van der Waals surface area contributed by atoms with Gasteiger partial charge < -0.3 is 0 Å². The molecule has 26 heavy (non-hydrogen) atoms. The van der Waals surface area contributed by atoms with Crippen molar-refractivity contribution in [3.63, 3.8) is 0 Å². The smallest absolute Gasteiger partial charge is 0.262 e. The van der Waals surface area contributed by atoms with Gasteiger partial charge in [0.2, 0.25) is 0 Å². The first-order chi connectivity index (χ1) is 12.6. The highest BCUT2D eigenvalue weighted by molar-refractivity contribution is 7.98. The van der Waals surface area contributed by atoms with Gasteiger partial charge in [-0.1, -0.05) is 24.3 Å². The van der Waals surface area contributed by atoms with Crippen molar-refractivity contribution in [2.45, 2.75) is 9.79 Å². The van der Waals surface area contributed by atoms with Crippen molar-refractivity contribution in [3.8, 4) is 0 Å². The Bertz CT molecular complexity index is 733. The highest BCUT2D eigenvalue weighted by Crippen LogP contribution is 2.14. The lowest BCUT2D eigenvalue weighted by molar-refractivity contribution is -0.139. The van der Waals surface area contributed by atoms with Crippen LogP contribution in [0.2, 0.25) is 0 Å². The van der Waals surface area contributed by atoms with E-state index in [0.29, 0.717) is 0 Å². The lowest BCUT2D eigenvalue weighted by atomic mass is 10.2. The zero-order chi connectivity index (χ0) is 18.8. The molecule has 0 radical (unpaired) electrons. The van der Waals surface area contributed by atoms with Gasteiger partial charge in [0.15, 0.2) is 0 Å². The first-order valence-electron chi connectivity index (χ1n) is 7.57. The molecule has 0 aliphatic rings. The van der Waals surface area contributed by atoms with Gasteiger partial charge in [0.25, 0.3) is 0 Å². The molecule has 0 saturated carbocycles. The molecule has 134 valence electrons. The van der Waals surface area contributed by atoms with Crippen molar-refractivity contribution >= 4 is 47.8 Å². The van der Waals surface area contributed by atoms with E-state index < -0.39 is 11.8 Å². The van der Waals surface area contributed by atoms with E-state index in [0.717, 1.165) is 20.9 Å². The van der Waals surface area contributed by atoms with Crippen LogP contribution in [0.15, 0.2) is 68.5 Å². The minimum Gasteiger partial charge on any atom is -0.262 e. The Morgan fingerprint density at radius 3 is 1.38 bits per heavy atom. The maximum atomic E-state index is 11.6. The molecular formula is C18H18N4O2S2. The zero-order valence-electron chi connectivity index (χ0n) is 14.3. The molecule has 2 aromatic rings. The number of hydrazone groups is 2. The van der Waals surface area contributed by atoms with Gasteiger partial charge >= 0.3 is 11.8 Å². The summed E-state index contributed by atoms with van der Waals surface area (Å²) in [6.07, 6.45) is 6.91. The standard InChI is InChI=1S/C18H18N4O2S2/c1-25-15-7-3-13(4-8-15)11-19-21-17(23)18(24)22-20-12-14-5-9-16(26-2)10-6-14/h3-12H,1-2H3,(H,21,23)(H,22,24)/b19-11-,20-12-. The first-order valence-corrected chi connectivity index (χ1v) is 10.0. The summed E-state index contributed by atoms with van der Waals surface area (Å²) in [7, 11) is 0. The van der Waals surface area contributed by atoms with Crippen molar-refractivity contribution in [1.82, 2.24) is 10.9 Å². The Kier molecular flexibility index (Phi) is 7.91. The fourth-order valence-electron chi connectivity index (χ4n) is 1.81. The van der Waals surface area contributed by atoms with E-state index >= 15 is 0 Å². The van der Waals surface area contributed by atoms with Crippen LogP contribution in [0.1, 0.15) is 11.1 Å². The normalized spacial score (nSPS) is 11.0. The van der Waals surface area contributed by atoms with Gasteiger partial charge in [0, 0.05) is 9.79 Å². The van der Waals surface area contributed by atoms with Gasteiger partial charge in [-0.05, 0) is 47.9 Å². The predicted molar refractivity (Wildman–Crippen MR) is 108 cm³/mol. The Morgan fingerprint density at radius 2 is 1.08 bits per heavy atom. The van der Waals surface area contributed by atoms with Crippen LogP contribution >= 0.6 is 23.5 Å². The number of carbonyl (C=O) groups excluding carboxylic acids is 2. The molecule has 2 amide bonds. The molecule has 0 aromatic heterocycles. The van der Waals surface area contributed by atoms with Gasteiger partial charge in [-0.15, -0.1) is 23.5 Å². The number of hydrogen-bond donors (Lipinski definition) is 2. The van der Waals surface area contributed by atoms with E-state index in [9.17, 15) is 9.59 Å². The molecule has 2 rings (SSSR count). The average Bonchev–Trinajstić information content (AvgIpc) is 2.68. The average molecular weight is 387 g/mol. The Labute approximate surface area is 160 Å². The molecule has 0 unspecified atom stereocenters. The van der Waals surface area contributed by atoms with Gasteiger partial charge in [-0.25, -0.2) is 10.9 Å². The summed E-state index contributed by atoms with van der Waals surface area (Å²) in [4.78, 5) is 25.5. The monoisotopic (exact) mass is 386 g/mol. The Hall–Kier alpha value is -2.58. The molecule has 2 N–H and O–H groups in total. The fraction of sp³-hybridized carbons (Fsp3) is 0.111. The van der Waals surface area contributed by atoms with E-state index in [1.807, 2.05) is 61.0 Å². The van der Waals surface area contributed by atoms with Crippen molar-refractivity contribution in [2.75, 3.05) is 12.5 Å². The van der Waals surface area contributed by atoms with Crippen LogP contribution in [0, 0.1) is 0 Å².